The summed E-state index contributed by atoms with van der Waals surface area (Å²) in [7, 11) is 0. The van der Waals surface area contributed by atoms with Crippen LogP contribution in [-0.4, -0.2) is 30.5 Å². The Hall–Kier alpha value is -2.56. The first kappa shape index (κ1) is 17.3. The van der Waals surface area contributed by atoms with Crippen LogP contribution in [0.3, 0.4) is 0 Å². The number of ether oxygens (including phenoxy) is 1. The van der Waals surface area contributed by atoms with Gasteiger partial charge in [0.25, 0.3) is 0 Å². The van der Waals surface area contributed by atoms with E-state index in [2.05, 4.69) is 28.8 Å². The summed E-state index contributed by atoms with van der Waals surface area (Å²) in [6, 6.07) is 11.6. The highest BCUT2D eigenvalue weighted by atomic mass is 16.5. The predicted octanol–water partition coefficient (Wildman–Crippen LogP) is 2.42. The zero-order chi connectivity index (χ0) is 18.0. The molecule has 1 unspecified atom stereocenters. The van der Waals surface area contributed by atoms with Gasteiger partial charge < -0.3 is 15.4 Å². The van der Waals surface area contributed by atoms with Crippen molar-refractivity contribution >= 4 is 22.6 Å². The molecular weight excluding hydrogens is 316 g/mol. The van der Waals surface area contributed by atoms with Crippen LogP contribution in [0.25, 0.3) is 10.8 Å². The van der Waals surface area contributed by atoms with Crippen LogP contribution in [0.5, 0.6) is 5.75 Å². The molecule has 0 radical (unpaired) electrons. The molecule has 1 aliphatic rings. The molecule has 0 spiro atoms. The maximum absolute atomic E-state index is 12.6. The molecule has 5 heteroatoms. The Morgan fingerprint density at radius 2 is 1.92 bits per heavy atom. The van der Waals surface area contributed by atoms with Crippen molar-refractivity contribution in [3.63, 3.8) is 0 Å². The van der Waals surface area contributed by atoms with E-state index in [1.54, 1.807) is 0 Å². The van der Waals surface area contributed by atoms with Gasteiger partial charge in [0.2, 0.25) is 11.8 Å². The lowest BCUT2D eigenvalue weighted by Gasteiger charge is -2.29. The monoisotopic (exact) mass is 340 g/mol. The minimum Gasteiger partial charge on any atom is -0.491 e. The SMILES string of the molecule is CC(=O)N[C@@H](C(=O)NC1COc2ccc3ccccc3c2C1)C(C)C. The number of hydrogen-bond donors (Lipinski definition) is 2. The first-order valence-corrected chi connectivity index (χ1v) is 8.66. The van der Waals surface area contributed by atoms with Gasteiger partial charge in [-0.3, -0.25) is 9.59 Å². The maximum Gasteiger partial charge on any atom is 0.243 e. The van der Waals surface area contributed by atoms with E-state index in [1.807, 2.05) is 32.0 Å². The van der Waals surface area contributed by atoms with Crippen LogP contribution >= 0.6 is 0 Å². The van der Waals surface area contributed by atoms with Gasteiger partial charge in [-0.1, -0.05) is 44.2 Å². The Morgan fingerprint density at radius 3 is 2.64 bits per heavy atom. The number of rotatable bonds is 4. The van der Waals surface area contributed by atoms with E-state index in [-0.39, 0.29) is 23.8 Å². The Kier molecular flexibility index (Phi) is 4.93. The summed E-state index contributed by atoms with van der Waals surface area (Å²) in [6.07, 6.45) is 0.716. The van der Waals surface area contributed by atoms with E-state index in [9.17, 15) is 9.59 Å². The zero-order valence-electron chi connectivity index (χ0n) is 14.8. The van der Waals surface area contributed by atoms with Crippen LogP contribution in [0, 0.1) is 5.92 Å². The molecule has 2 N–H and O–H groups in total. The summed E-state index contributed by atoms with van der Waals surface area (Å²) >= 11 is 0. The topological polar surface area (TPSA) is 67.4 Å². The molecule has 1 aliphatic heterocycles. The summed E-state index contributed by atoms with van der Waals surface area (Å²) < 4.78 is 5.86. The molecule has 132 valence electrons. The molecule has 3 rings (SSSR count). The van der Waals surface area contributed by atoms with Crippen LogP contribution in [0.1, 0.15) is 26.3 Å². The Balaban J connectivity index is 1.77. The fourth-order valence-electron chi connectivity index (χ4n) is 3.30. The van der Waals surface area contributed by atoms with Crippen LogP contribution in [-0.2, 0) is 16.0 Å². The summed E-state index contributed by atoms with van der Waals surface area (Å²) in [5.74, 6) is 0.528. The molecule has 0 aromatic heterocycles. The maximum atomic E-state index is 12.6. The number of benzene rings is 2. The standard InChI is InChI=1S/C20H24N2O3/c1-12(2)19(21-13(3)23)20(24)22-15-10-17-16-7-5-4-6-14(16)8-9-18(17)25-11-15/h4-9,12,15,19H,10-11H2,1-3H3,(H,21,23)(H,22,24)/t15?,19-/m1/s1. The second-order valence-electron chi connectivity index (χ2n) is 6.91. The molecule has 2 atom stereocenters. The number of carbonyl (C=O) groups is 2. The number of amides is 2. The van der Waals surface area contributed by atoms with Crippen molar-refractivity contribution in [1.82, 2.24) is 10.6 Å². The molecule has 25 heavy (non-hydrogen) atoms. The van der Waals surface area contributed by atoms with Gasteiger partial charge in [-0.25, -0.2) is 0 Å². The molecule has 5 nitrogen and oxygen atoms in total. The van der Waals surface area contributed by atoms with Crippen molar-refractivity contribution in [2.24, 2.45) is 5.92 Å². The van der Waals surface area contributed by atoms with E-state index in [1.165, 1.54) is 6.92 Å². The molecule has 1 heterocycles. The van der Waals surface area contributed by atoms with Gasteiger partial charge >= 0.3 is 0 Å². The lowest BCUT2D eigenvalue weighted by Crippen LogP contribution is -2.53. The highest BCUT2D eigenvalue weighted by Crippen LogP contribution is 2.32. The predicted molar refractivity (Wildman–Crippen MR) is 97.5 cm³/mol. The summed E-state index contributed by atoms with van der Waals surface area (Å²) in [5.41, 5.74) is 1.12. The first-order valence-electron chi connectivity index (χ1n) is 8.66. The van der Waals surface area contributed by atoms with E-state index in [0.717, 1.165) is 22.1 Å². The highest BCUT2D eigenvalue weighted by molar-refractivity contribution is 5.89. The van der Waals surface area contributed by atoms with Gasteiger partial charge in [0, 0.05) is 18.9 Å². The smallest absolute Gasteiger partial charge is 0.243 e. The molecule has 2 aromatic carbocycles. The van der Waals surface area contributed by atoms with E-state index < -0.39 is 6.04 Å². The third-order valence-corrected chi connectivity index (χ3v) is 4.54. The van der Waals surface area contributed by atoms with E-state index >= 15 is 0 Å². The largest absolute Gasteiger partial charge is 0.491 e. The minimum atomic E-state index is -0.536. The third-order valence-electron chi connectivity index (χ3n) is 4.54. The van der Waals surface area contributed by atoms with Crippen LogP contribution in [0.15, 0.2) is 36.4 Å². The fraction of sp³-hybridized carbons (Fsp3) is 0.400. The molecule has 2 aromatic rings. The lowest BCUT2D eigenvalue weighted by molar-refractivity contribution is -0.129. The number of nitrogens with one attached hydrogen (secondary N) is 2. The first-order chi connectivity index (χ1) is 12.0. The minimum absolute atomic E-state index is 0.0153. The van der Waals surface area contributed by atoms with Gasteiger partial charge in [0.15, 0.2) is 0 Å². The third kappa shape index (κ3) is 3.76. The molecular formula is C20H24N2O3. The summed E-state index contributed by atoms with van der Waals surface area (Å²) in [5, 5.41) is 8.07. The molecule has 0 saturated carbocycles. The summed E-state index contributed by atoms with van der Waals surface area (Å²) in [6.45, 7) is 5.69. The van der Waals surface area contributed by atoms with Crippen LogP contribution in [0.4, 0.5) is 0 Å². The zero-order valence-corrected chi connectivity index (χ0v) is 14.8. The van der Waals surface area contributed by atoms with Gasteiger partial charge in [-0.2, -0.15) is 0 Å². The summed E-state index contributed by atoms with van der Waals surface area (Å²) in [4.78, 5) is 23.9. The van der Waals surface area contributed by atoms with Crippen molar-refractivity contribution in [2.75, 3.05) is 6.61 Å². The van der Waals surface area contributed by atoms with Crippen LogP contribution < -0.4 is 15.4 Å². The average molecular weight is 340 g/mol. The van der Waals surface area contributed by atoms with Gasteiger partial charge in [-0.15, -0.1) is 0 Å². The lowest BCUT2D eigenvalue weighted by atomic mass is 9.95. The van der Waals surface area contributed by atoms with Gasteiger partial charge in [0.1, 0.15) is 18.4 Å². The molecule has 0 bridgehead atoms. The van der Waals surface area contributed by atoms with E-state index in [4.69, 9.17) is 4.74 Å². The Labute approximate surface area is 147 Å². The number of carbonyl (C=O) groups excluding carboxylic acids is 2. The van der Waals surface area contributed by atoms with E-state index in [0.29, 0.717) is 13.0 Å². The normalized spacial score (nSPS) is 17.5. The van der Waals surface area contributed by atoms with Gasteiger partial charge in [-0.05, 0) is 22.8 Å². The molecule has 0 aliphatic carbocycles. The average Bonchev–Trinajstić information content (AvgIpc) is 2.59. The molecule has 0 saturated heterocycles. The van der Waals surface area contributed by atoms with Crippen molar-refractivity contribution in [3.8, 4) is 5.75 Å². The highest BCUT2D eigenvalue weighted by Gasteiger charge is 2.28. The Morgan fingerprint density at radius 1 is 1.16 bits per heavy atom. The van der Waals surface area contributed by atoms with Gasteiger partial charge in [0.05, 0.1) is 6.04 Å². The molecule has 0 fully saturated rings. The number of hydrogen-bond acceptors (Lipinski definition) is 3. The van der Waals surface area contributed by atoms with Crippen molar-refractivity contribution < 1.29 is 14.3 Å². The van der Waals surface area contributed by atoms with Crippen LogP contribution in [0.2, 0.25) is 0 Å². The molecule has 2 amide bonds. The number of fused-ring (bicyclic) bond motifs is 3. The second kappa shape index (κ2) is 7.13. The van der Waals surface area contributed by atoms with Crippen molar-refractivity contribution in [1.29, 1.82) is 0 Å². The van der Waals surface area contributed by atoms with Crippen molar-refractivity contribution in [3.05, 3.63) is 42.0 Å². The Bertz CT molecular complexity index is 801. The van der Waals surface area contributed by atoms with Crippen molar-refractivity contribution in [2.45, 2.75) is 39.3 Å². The second-order valence-corrected chi connectivity index (χ2v) is 6.91. The quantitative estimate of drug-likeness (QED) is 0.898. The fourth-order valence-corrected chi connectivity index (χ4v) is 3.30.